The molecule has 0 aromatic heterocycles. The molecule has 0 amide bonds. The Hall–Kier alpha value is -1.07. The molecular formula is C16H22O8S. The van der Waals surface area contributed by atoms with E-state index >= 15 is 0 Å². The van der Waals surface area contributed by atoms with Crippen LogP contribution in [0.4, 0.5) is 0 Å². The van der Waals surface area contributed by atoms with Crippen molar-refractivity contribution in [3.63, 3.8) is 0 Å². The van der Waals surface area contributed by atoms with Crippen molar-refractivity contribution in [2.45, 2.75) is 68.1 Å². The van der Waals surface area contributed by atoms with Gasteiger partial charge in [0.2, 0.25) is 0 Å². The number of aryl methyl sites for hydroxylation is 1. The molecule has 140 valence electrons. The topological polar surface area (TPSA) is 123 Å². The number of fused-ring (bicyclic) bond motifs is 1. The fourth-order valence-corrected chi connectivity index (χ4v) is 4.24. The maximum absolute atomic E-state index is 12.5. The highest BCUT2D eigenvalue weighted by molar-refractivity contribution is 7.86. The van der Waals surface area contributed by atoms with Gasteiger partial charge in [-0.25, -0.2) is 0 Å². The summed E-state index contributed by atoms with van der Waals surface area (Å²) in [5, 5.41) is 30.4. The first-order valence-corrected chi connectivity index (χ1v) is 9.32. The predicted molar refractivity (Wildman–Crippen MR) is 85.1 cm³/mol. The second-order valence-electron chi connectivity index (χ2n) is 6.86. The highest BCUT2D eigenvalue weighted by Crippen LogP contribution is 2.39. The summed E-state index contributed by atoms with van der Waals surface area (Å²) < 4.78 is 41.4. The number of hydrogen-bond acceptors (Lipinski definition) is 8. The van der Waals surface area contributed by atoms with Gasteiger partial charge in [-0.1, -0.05) is 17.7 Å². The highest BCUT2D eigenvalue weighted by Gasteiger charge is 2.59. The number of ether oxygens (including phenoxy) is 2. The zero-order valence-corrected chi connectivity index (χ0v) is 14.9. The maximum Gasteiger partial charge on any atom is 0.297 e. The van der Waals surface area contributed by atoms with Crippen molar-refractivity contribution in [3.05, 3.63) is 29.8 Å². The minimum atomic E-state index is -4.21. The van der Waals surface area contributed by atoms with Gasteiger partial charge in [0.05, 0.1) is 4.90 Å². The van der Waals surface area contributed by atoms with Crippen LogP contribution >= 0.6 is 0 Å². The van der Waals surface area contributed by atoms with Crippen molar-refractivity contribution >= 4 is 10.1 Å². The molecule has 1 aliphatic heterocycles. The Balaban J connectivity index is 1.90. The molecule has 0 radical (unpaired) electrons. The lowest BCUT2D eigenvalue weighted by atomic mass is 9.85. The Morgan fingerprint density at radius 2 is 1.52 bits per heavy atom. The molecule has 1 heterocycles. The molecule has 0 bridgehead atoms. The molecule has 0 unspecified atom stereocenters. The molecule has 1 saturated carbocycles. The van der Waals surface area contributed by atoms with Crippen molar-refractivity contribution < 1.29 is 37.4 Å². The molecule has 1 aromatic carbocycles. The van der Waals surface area contributed by atoms with Gasteiger partial charge in [-0.2, -0.15) is 8.42 Å². The summed E-state index contributed by atoms with van der Waals surface area (Å²) in [7, 11) is -4.21. The van der Waals surface area contributed by atoms with E-state index in [1.165, 1.54) is 12.1 Å². The Bertz CT molecular complexity index is 729. The van der Waals surface area contributed by atoms with Crippen LogP contribution in [0.3, 0.4) is 0 Å². The van der Waals surface area contributed by atoms with E-state index in [1.807, 2.05) is 6.92 Å². The highest BCUT2D eigenvalue weighted by atomic mass is 32.2. The van der Waals surface area contributed by atoms with Crippen LogP contribution in [0.1, 0.15) is 19.4 Å². The summed E-state index contributed by atoms with van der Waals surface area (Å²) in [5.74, 6) is -1.12. The van der Waals surface area contributed by atoms with E-state index in [1.54, 1.807) is 26.0 Å². The molecule has 3 N–H and O–H groups in total. The van der Waals surface area contributed by atoms with Gasteiger partial charge in [-0.15, -0.1) is 0 Å². The third-order valence-electron chi connectivity index (χ3n) is 4.41. The first-order chi connectivity index (χ1) is 11.5. The lowest BCUT2D eigenvalue weighted by molar-refractivity contribution is -0.184. The van der Waals surface area contributed by atoms with Crippen LogP contribution in [-0.2, 0) is 23.8 Å². The zero-order valence-electron chi connectivity index (χ0n) is 14.1. The molecule has 2 fully saturated rings. The van der Waals surface area contributed by atoms with Crippen LogP contribution in [0.15, 0.2) is 29.2 Å². The summed E-state index contributed by atoms with van der Waals surface area (Å²) in [6.07, 6.45) is -8.21. The number of aliphatic hydroxyl groups is 3. The van der Waals surface area contributed by atoms with Gasteiger partial charge in [0, 0.05) is 0 Å². The van der Waals surface area contributed by atoms with Crippen LogP contribution in [0.5, 0.6) is 0 Å². The molecule has 0 spiro atoms. The first-order valence-electron chi connectivity index (χ1n) is 7.92. The zero-order chi connectivity index (χ0) is 18.6. The van der Waals surface area contributed by atoms with E-state index in [-0.39, 0.29) is 4.90 Å². The van der Waals surface area contributed by atoms with Gasteiger partial charge in [-0.05, 0) is 32.9 Å². The molecule has 3 rings (SSSR count). The summed E-state index contributed by atoms with van der Waals surface area (Å²) >= 11 is 0. The second-order valence-corrected chi connectivity index (χ2v) is 8.44. The molecule has 9 heteroatoms. The summed E-state index contributed by atoms with van der Waals surface area (Å²) in [4.78, 5) is -0.0827. The number of hydrogen-bond donors (Lipinski definition) is 3. The molecular weight excluding hydrogens is 352 g/mol. The smallest absolute Gasteiger partial charge is 0.297 e. The van der Waals surface area contributed by atoms with Crippen LogP contribution < -0.4 is 0 Å². The number of aliphatic hydroxyl groups excluding tert-OH is 3. The molecule has 1 aromatic rings. The van der Waals surface area contributed by atoms with E-state index < -0.39 is 52.5 Å². The largest absolute Gasteiger partial charge is 0.387 e. The van der Waals surface area contributed by atoms with Crippen LogP contribution in [0.2, 0.25) is 0 Å². The molecule has 6 atom stereocenters. The van der Waals surface area contributed by atoms with E-state index in [4.69, 9.17) is 13.7 Å². The fraction of sp³-hybridized carbons (Fsp3) is 0.625. The standard InChI is InChI=1S/C16H22O8S/c1-8-4-6-9(7-5-8)25(20,21)24-14-12(19)10(17)11(18)13-15(14)23-16(2,3)22-13/h4-7,10-15,17-19H,1-3H3/t10-,11-,12+,13+,14-,15+/m0/s1. The quantitative estimate of drug-likeness (QED) is 0.616. The van der Waals surface area contributed by atoms with Gasteiger partial charge < -0.3 is 24.8 Å². The average Bonchev–Trinajstić information content (AvgIpc) is 2.86. The van der Waals surface area contributed by atoms with Crippen LogP contribution in [-0.4, -0.2) is 66.1 Å². The Labute approximate surface area is 146 Å². The summed E-state index contributed by atoms with van der Waals surface area (Å²) in [6, 6.07) is 6.01. The lowest BCUT2D eigenvalue weighted by Gasteiger charge is -2.40. The first kappa shape index (κ1) is 18.7. The Morgan fingerprint density at radius 1 is 0.960 bits per heavy atom. The van der Waals surface area contributed by atoms with Crippen LogP contribution in [0.25, 0.3) is 0 Å². The predicted octanol–water partition coefficient (Wildman–Crippen LogP) is -0.315. The number of benzene rings is 1. The minimum absolute atomic E-state index is 0.0827. The van der Waals surface area contributed by atoms with Gasteiger partial charge in [0.15, 0.2) is 5.79 Å². The van der Waals surface area contributed by atoms with E-state index in [9.17, 15) is 23.7 Å². The molecule has 1 saturated heterocycles. The van der Waals surface area contributed by atoms with Crippen LogP contribution in [0, 0.1) is 6.92 Å². The lowest BCUT2D eigenvalue weighted by Crippen LogP contribution is -2.63. The monoisotopic (exact) mass is 374 g/mol. The molecule has 1 aliphatic carbocycles. The van der Waals surface area contributed by atoms with Gasteiger partial charge in [0.1, 0.15) is 36.6 Å². The molecule has 25 heavy (non-hydrogen) atoms. The molecule has 8 nitrogen and oxygen atoms in total. The van der Waals surface area contributed by atoms with Crippen molar-refractivity contribution in [2.75, 3.05) is 0 Å². The van der Waals surface area contributed by atoms with E-state index in [0.717, 1.165) is 5.56 Å². The number of rotatable bonds is 3. The second kappa shape index (κ2) is 6.27. The van der Waals surface area contributed by atoms with Crippen molar-refractivity contribution in [1.82, 2.24) is 0 Å². The average molecular weight is 374 g/mol. The normalized spacial score (nSPS) is 37.7. The minimum Gasteiger partial charge on any atom is -0.387 e. The van der Waals surface area contributed by atoms with Gasteiger partial charge in [-0.3, -0.25) is 4.18 Å². The van der Waals surface area contributed by atoms with Crippen molar-refractivity contribution in [2.24, 2.45) is 0 Å². The third kappa shape index (κ3) is 3.45. The van der Waals surface area contributed by atoms with E-state index in [2.05, 4.69) is 0 Å². The maximum atomic E-state index is 12.5. The van der Waals surface area contributed by atoms with Crippen molar-refractivity contribution in [1.29, 1.82) is 0 Å². The summed E-state index contributed by atoms with van der Waals surface area (Å²) in [6.45, 7) is 4.99. The Kier molecular flexibility index (Phi) is 4.70. The summed E-state index contributed by atoms with van der Waals surface area (Å²) in [5.41, 5.74) is 0.879. The van der Waals surface area contributed by atoms with E-state index in [0.29, 0.717) is 0 Å². The van der Waals surface area contributed by atoms with Gasteiger partial charge >= 0.3 is 0 Å². The third-order valence-corrected chi connectivity index (χ3v) is 5.73. The van der Waals surface area contributed by atoms with Gasteiger partial charge in [0.25, 0.3) is 10.1 Å². The SMILES string of the molecule is Cc1ccc(S(=O)(=O)O[C@H]2[C@H](O)[C@@H](O)[C@H](O)[C@H]3OC(C)(C)O[C@H]32)cc1. The fourth-order valence-electron chi connectivity index (χ4n) is 3.14. The Morgan fingerprint density at radius 3 is 2.12 bits per heavy atom. The molecule has 2 aliphatic rings. The van der Waals surface area contributed by atoms with Crippen molar-refractivity contribution in [3.8, 4) is 0 Å².